The van der Waals surface area contributed by atoms with Gasteiger partial charge < -0.3 is 10.2 Å². The first-order chi connectivity index (χ1) is 7.66. The highest BCUT2D eigenvalue weighted by molar-refractivity contribution is 5.20. The van der Waals surface area contributed by atoms with Crippen LogP contribution in [0.4, 0.5) is 4.39 Å². The monoisotopic (exact) mass is 222 g/mol. The summed E-state index contributed by atoms with van der Waals surface area (Å²) < 4.78 is 12.8. The van der Waals surface area contributed by atoms with Crippen molar-refractivity contribution >= 4 is 0 Å². The summed E-state index contributed by atoms with van der Waals surface area (Å²) in [7, 11) is 4.12. The first-order valence-electron chi connectivity index (χ1n) is 5.82. The predicted octanol–water partition coefficient (Wildman–Crippen LogP) is 2.18. The SMILES string of the molecule is CN(C)C(CNC1CC1)c1ccc(F)cc1. The molecule has 2 rings (SSSR count). The van der Waals surface area contributed by atoms with Crippen molar-refractivity contribution < 1.29 is 4.39 Å². The molecule has 0 radical (unpaired) electrons. The second-order valence-corrected chi connectivity index (χ2v) is 4.71. The van der Waals surface area contributed by atoms with E-state index in [9.17, 15) is 4.39 Å². The summed E-state index contributed by atoms with van der Waals surface area (Å²) in [6.45, 7) is 0.934. The van der Waals surface area contributed by atoms with Crippen molar-refractivity contribution in [3.05, 3.63) is 35.6 Å². The number of hydrogen-bond donors (Lipinski definition) is 1. The Balaban J connectivity index is 2.01. The Labute approximate surface area is 96.5 Å². The van der Waals surface area contributed by atoms with Crippen LogP contribution in [0.5, 0.6) is 0 Å². The molecule has 1 aliphatic rings. The zero-order valence-electron chi connectivity index (χ0n) is 9.91. The van der Waals surface area contributed by atoms with Crippen LogP contribution in [-0.2, 0) is 0 Å². The van der Waals surface area contributed by atoms with E-state index in [4.69, 9.17) is 0 Å². The molecule has 0 heterocycles. The van der Waals surface area contributed by atoms with Crippen LogP contribution in [0.25, 0.3) is 0 Å². The van der Waals surface area contributed by atoms with Crippen LogP contribution in [0.2, 0.25) is 0 Å². The number of benzene rings is 1. The highest BCUT2D eigenvalue weighted by Gasteiger charge is 2.23. The summed E-state index contributed by atoms with van der Waals surface area (Å²) in [5, 5.41) is 3.52. The average molecular weight is 222 g/mol. The highest BCUT2D eigenvalue weighted by atomic mass is 19.1. The van der Waals surface area contributed by atoms with Crippen LogP contribution in [0, 0.1) is 5.82 Å². The van der Waals surface area contributed by atoms with Gasteiger partial charge in [0, 0.05) is 18.6 Å². The molecular weight excluding hydrogens is 203 g/mol. The summed E-state index contributed by atoms with van der Waals surface area (Å²) >= 11 is 0. The average Bonchev–Trinajstić information content (AvgIpc) is 3.04. The molecule has 1 aliphatic carbocycles. The van der Waals surface area contributed by atoms with Gasteiger partial charge in [-0.3, -0.25) is 0 Å². The van der Waals surface area contributed by atoms with Gasteiger partial charge >= 0.3 is 0 Å². The second-order valence-electron chi connectivity index (χ2n) is 4.71. The van der Waals surface area contributed by atoms with Gasteiger partial charge in [0.2, 0.25) is 0 Å². The van der Waals surface area contributed by atoms with Crippen molar-refractivity contribution in [2.45, 2.75) is 24.9 Å². The fraction of sp³-hybridized carbons (Fsp3) is 0.538. The van der Waals surface area contributed by atoms with Gasteiger partial charge in [-0.2, -0.15) is 0 Å². The minimum absolute atomic E-state index is 0.170. The first-order valence-corrected chi connectivity index (χ1v) is 5.82. The number of nitrogens with zero attached hydrogens (tertiary/aromatic N) is 1. The second kappa shape index (κ2) is 4.93. The van der Waals surface area contributed by atoms with E-state index in [1.54, 1.807) is 0 Å². The van der Waals surface area contributed by atoms with Crippen LogP contribution in [0.3, 0.4) is 0 Å². The lowest BCUT2D eigenvalue weighted by Crippen LogP contribution is -2.32. The third-order valence-corrected chi connectivity index (χ3v) is 3.06. The molecule has 1 fully saturated rings. The molecule has 0 aromatic heterocycles. The highest BCUT2D eigenvalue weighted by Crippen LogP contribution is 2.22. The molecule has 0 spiro atoms. The number of rotatable bonds is 5. The lowest BCUT2D eigenvalue weighted by atomic mass is 10.1. The Morgan fingerprint density at radius 2 is 1.94 bits per heavy atom. The molecule has 1 N–H and O–H groups in total. The maximum Gasteiger partial charge on any atom is 0.123 e. The van der Waals surface area contributed by atoms with E-state index in [2.05, 4.69) is 24.3 Å². The predicted molar refractivity (Wildman–Crippen MR) is 63.9 cm³/mol. The van der Waals surface area contributed by atoms with E-state index in [0.717, 1.165) is 6.54 Å². The molecule has 1 atom stereocenters. The number of hydrogen-bond acceptors (Lipinski definition) is 2. The van der Waals surface area contributed by atoms with Crippen molar-refractivity contribution in [1.82, 2.24) is 10.2 Å². The van der Waals surface area contributed by atoms with E-state index in [1.807, 2.05) is 12.1 Å². The third kappa shape index (κ3) is 3.03. The summed E-state index contributed by atoms with van der Waals surface area (Å²) in [6, 6.07) is 7.83. The van der Waals surface area contributed by atoms with Crippen molar-refractivity contribution in [1.29, 1.82) is 0 Å². The molecule has 88 valence electrons. The molecule has 2 nitrogen and oxygen atoms in total. The summed E-state index contributed by atoms with van der Waals surface area (Å²) in [5.41, 5.74) is 1.17. The van der Waals surface area contributed by atoms with E-state index in [0.29, 0.717) is 12.1 Å². The lowest BCUT2D eigenvalue weighted by molar-refractivity contribution is 0.288. The molecule has 1 aromatic carbocycles. The van der Waals surface area contributed by atoms with Gasteiger partial charge in [-0.15, -0.1) is 0 Å². The molecule has 1 aromatic rings. The smallest absolute Gasteiger partial charge is 0.123 e. The topological polar surface area (TPSA) is 15.3 Å². The number of nitrogens with one attached hydrogen (secondary N) is 1. The van der Waals surface area contributed by atoms with Gasteiger partial charge in [-0.05, 0) is 44.6 Å². The van der Waals surface area contributed by atoms with Gasteiger partial charge in [0.05, 0.1) is 0 Å². The van der Waals surface area contributed by atoms with Gasteiger partial charge in [-0.1, -0.05) is 12.1 Å². The van der Waals surface area contributed by atoms with Crippen molar-refractivity contribution in [3.63, 3.8) is 0 Å². The van der Waals surface area contributed by atoms with Crippen molar-refractivity contribution in [2.24, 2.45) is 0 Å². The van der Waals surface area contributed by atoms with E-state index >= 15 is 0 Å². The molecular formula is C13H19FN2. The maximum absolute atomic E-state index is 12.8. The van der Waals surface area contributed by atoms with E-state index in [1.165, 1.54) is 30.5 Å². The summed E-state index contributed by atoms with van der Waals surface area (Å²) in [6.07, 6.45) is 2.59. The Hall–Kier alpha value is -0.930. The van der Waals surface area contributed by atoms with Crippen LogP contribution in [0.1, 0.15) is 24.4 Å². The quantitative estimate of drug-likeness (QED) is 0.821. The van der Waals surface area contributed by atoms with Gasteiger partial charge in [0.1, 0.15) is 5.82 Å². The number of halogens is 1. The van der Waals surface area contributed by atoms with E-state index < -0.39 is 0 Å². The molecule has 1 saturated carbocycles. The maximum atomic E-state index is 12.8. The van der Waals surface area contributed by atoms with Gasteiger partial charge in [-0.25, -0.2) is 4.39 Å². The Kier molecular flexibility index (Phi) is 3.56. The van der Waals surface area contributed by atoms with Gasteiger partial charge in [0.25, 0.3) is 0 Å². The summed E-state index contributed by atoms with van der Waals surface area (Å²) in [5.74, 6) is -0.170. The number of likely N-dealkylation sites (N-methyl/N-ethyl adjacent to an activating group) is 1. The van der Waals surface area contributed by atoms with Crippen LogP contribution in [-0.4, -0.2) is 31.6 Å². The van der Waals surface area contributed by atoms with Crippen LogP contribution in [0.15, 0.2) is 24.3 Å². The zero-order valence-corrected chi connectivity index (χ0v) is 9.91. The lowest BCUT2D eigenvalue weighted by Gasteiger charge is -2.25. The zero-order chi connectivity index (χ0) is 11.5. The van der Waals surface area contributed by atoms with E-state index in [-0.39, 0.29) is 5.82 Å². The Morgan fingerprint density at radius 3 is 2.44 bits per heavy atom. The Morgan fingerprint density at radius 1 is 1.31 bits per heavy atom. The standard InChI is InChI=1S/C13H19FN2/c1-16(2)13(9-15-12-7-8-12)10-3-5-11(14)6-4-10/h3-6,12-13,15H,7-9H2,1-2H3. The minimum Gasteiger partial charge on any atom is -0.312 e. The third-order valence-electron chi connectivity index (χ3n) is 3.06. The minimum atomic E-state index is -0.170. The van der Waals surface area contributed by atoms with Crippen LogP contribution < -0.4 is 5.32 Å². The fourth-order valence-corrected chi connectivity index (χ4v) is 1.85. The normalized spacial score (nSPS) is 17.8. The molecule has 3 heteroatoms. The molecule has 1 unspecified atom stereocenters. The molecule has 0 bridgehead atoms. The van der Waals surface area contributed by atoms with Crippen LogP contribution >= 0.6 is 0 Å². The molecule has 16 heavy (non-hydrogen) atoms. The largest absolute Gasteiger partial charge is 0.312 e. The summed E-state index contributed by atoms with van der Waals surface area (Å²) in [4.78, 5) is 2.17. The molecule has 0 aliphatic heterocycles. The van der Waals surface area contributed by atoms with Crippen molar-refractivity contribution in [2.75, 3.05) is 20.6 Å². The first kappa shape index (κ1) is 11.6. The fourth-order valence-electron chi connectivity index (χ4n) is 1.85. The van der Waals surface area contributed by atoms with Crippen molar-refractivity contribution in [3.8, 4) is 0 Å². The molecule has 0 saturated heterocycles. The Bertz CT molecular complexity index is 330. The molecule has 0 amide bonds. The van der Waals surface area contributed by atoms with Gasteiger partial charge in [0.15, 0.2) is 0 Å².